The standard InChI is InChI=1S/C15H28N4O/c1-12(2)8-16-9-13-10-20-14(17-13)19-7-6-18(5)15(3,4)11-19/h10,12,16H,6-9,11H2,1-5H3. The minimum atomic E-state index is 0.156. The minimum Gasteiger partial charge on any atom is -0.432 e. The summed E-state index contributed by atoms with van der Waals surface area (Å²) in [4.78, 5) is 9.23. The summed E-state index contributed by atoms with van der Waals surface area (Å²) in [6.45, 7) is 13.7. The highest BCUT2D eigenvalue weighted by molar-refractivity contribution is 5.29. The van der Waals surface area contributed by atoms with Gasteiger partial charge in [-0.1, -0.05) is 13.8 Å². The van der Waals surface area contributed by atoms with Crippen LogP contribution in [-0.2, 0) is 6.54 Å². The molecule has 20 heavy (non-hydrogen) atoms. The van der Waals surface area contributed by atoms with Gasteiger partial charge in [0.2, 0.25) is 0 Å². The fourth-order valence-electron chi connectivity index (χ4n) is 2.42. The van der Waals surface area contributed by atoms with Gasteiger partial charge in [0, 0.05) is 31.7 Å². The van der Waals surface area contributed by atoms with Crippen molar-refractivity contribution in [2.24, 2.45) is 5.92 Å². The van der Waals surface area contributed by atoms with Crippen molar-refractivity contribution in [1.82, 2.24) is 15.2 Å². The van der Waals surface area contributed by atoms with E-state index in [1.165, 1.54) is 0 Å². The van der Waals surface area contributed by atoms with E-state index in [0.717, 1.165) is 44.4 Å². The molecule has 1 N–H and O–H groups in total. The van der Waals surface area contributed by atoms with Gasteiger partial charge in [0.25, 0.3) is 6.01 Å². The Morgan fingerprint density at radius 1 is 1.40 bits per heavy atom. The van der Waals surface area contributed by atoms with Crippen molar-refractivity contribution in [3.05, 3.63) is 12.0 Å². The number of piperazine rings is 1. The van der Waals surface area contributed by atoms with Crippen LogP contribution in [-0.4, -0.2) is 48.6 Å². The van der Waals surface area contributed by atoms with Gasteiger partial charge < -0.3 is 14.6 Å². The Morgan fingerprint density at radius 2 is 2.15 bits per heavy atom. The summed E-state index contributed by atoms with van der Waals surface area (Å²) in [7, 11) is 2.17. The molecule has 0 amide bonds. The summed E-state index contributed by atoms with van der Waals surface area (Å²) in [5, 5.41) is 3.39. The van der Waals surface area contributed by atoms with Crippen molar-refractivity contribution in [3.63, 3.8) is 0 Å². The maximum absolute atomic E-state index is 5.65. The molecular weight excluding hydrogens is 252 g/mol. The normalized spacial score (nSPS) is 19.8. The van der Waals surface area contributed by atoms with E-state index in [4.69, 9.17) is 4.42 Å². The second-order valence-corrected chi connectivity index (χ2v) is 6.80. The molecule has 1 aliphatic rings. The summed E-state index contributed by atoms with van der Waals surface area (Å²) in [6, 6.07) is 0.757. The fourth-order valence-corrected chi connectivity index (χ4v) is 2.42. The molecule has 0 atom stereocenters. The van der Waals surface area contributed by atoms with Crippen molar-refractivity contribution in [1.29, 1.82) is 0 Å². The number of oxazole rings is 1. The van der Waals surface area contributed by atoms with E-state index in [0.29, 0.717) is 5.92 Å². The Kier molecular flexibility index (Phi) is 4.70. The van der Waals surface area contributed by atoms with E-state index in [2.05, 4.69) is 54.8 Å². The van der Waals surface area contributed by atoms with Crippen LogP contribution in [0.25, 0.3) is 0 Å². The predicted molar refractivity (Wildman–Crippen MR) is 82.0 cm³/mol. The maximum atomic E-state index is 5.65. The quantitative estimate of drug-likeness (QED) is 0.893. The summed E-state index contributed by atoms with van der Waals surface area (Å²) in [6.07, 6.45) is 1.77. The number of hydrogen-bond donors (Lipinski definition) is 1. The lowest BCUT2D eigenvalue weighted by atomic mass is 10.0. The molecule has 0 aromatic carbocycles. The van der Waals surface area contributed by atoms with Gasteiger partial charge in [-0.25, -0.2) is 0 Å². The summed E-state index contributed by atoms with van der Waals surface area (Å²) < 4.78 is 5.65. The van der Waals surface area contributed by atoms with Gasteiger partial charge in [-0.2, -0.15) is 4.98 Å². The van der Waals surface area contributed by atoms with Gasteiger partial charge in [0.05, 0.1) is 5.69 Å². The van der Waals surface area contributed by atoms with Crippen molar-refractivity contribution in [2.45, 2.75) is 39.8 Å². The highest BCUT2D eigenvalue weighted by Crippen LogP contribution is 2.23. The first-order valence-electron chi connectivity index (χ1n) is 7.50. The van der Waals surface area contributed by atoms with E-state index in [9.17, 15) is 0 Å². The number of likely N-dealkylation sites (N-methyl/N-ethyl adjacent to an activating group) is 1. The van der Waals surface area contributed by atoms with Crippen LogP contribution in [0.4, 0.5) is 6.01 Å². The Hall–Kier alpha value is -1.07. The van der Waals surface area contributed by atoms with Crippen LogP contribution < -0.4 is 10.2 Å². The number of hydrogen-bond acceptors (Lipinski definition) is 5. The van der Waals surface area contributed by atoms with E-state index in [-0.39, 0.29) is 5.54 Å². The third-order valence-corrected chi connectivity index (χ3v) is 3.99. The van der Waals surface area contributed by atoms with Crippen molar-refractivity contribution in [3.8, 4) is 0 Å². The molecule has 1 saturated heterocycles. The van der Waals surface area contributed by atoms with Gasteiger partial charge in [-0.15, -0.1) is 0 Å². The first kappa shape index (κ1) is 15.3. The van der Waals surface area contributed by atoms with Crippen LogP contribution in [0.5, 0.6) is 0 Å². The Labute approximate surface area is 122 Å². The average molecular weight is 280 g/mol. The molecule has 0 unspecified atom stereocenters. The number of anilines is 1. The molecule has 1 aromatic heterocycles. The first-order chi connectivity index (χ1) is 9.38. The van der Waals surface area contributed by atoms with E-state index < -0.39 is 0 Å². The molecule has 1 aromatic rings. The lowest BCUT2D eigenvalue weighted by molar-refractivity contribution is 0.136. The molecule has 0 radical (unpaired) electrons. The highest BCUT2D eigenvalue weighted by atomic mass is 16.4. The second kappa shape index (κ2) is 6.14. The Morgan fingerprint density at radius 3 is 2.80 bits per heavy atom. The largest absolute Gasteiger partial charge is 0.432 e. The second-order valence-electron chi connectivity index (χ2n) is 6.80. The topological polar surface area (TPSA) is 44.5 Å². The van der Waals surface area contributed by atoms with Crippen LogP contribution in [0.1, 0.15) is 33.4 Å². The fraction of sp³-hybridized carbons (Fsp3) is 0.800. The lowest BCUT2D eigenvalue weighted by Crippen LogP contribution is -2.57. The molecule has 1 fully saturated rings. The summed E-state index contributed by atoms with van der Waals surface area (Å²) in [5.41, 5.74) is 1.14. The molecule has 5 nitrogen and oxygen atoms in total. The molecule has 5 heteroatoms. The highest BCUT2D eigenvalue weighted by Gasteiger charge is 2.32. The van der Waals surface area contributed by atoms with E-state index >= 15 is 0 Å². The molecule has 114 valence electrons. The van der Waals surface area contributed by atoms with Crippen molar-refractivity contribution >= 4 is 6.01 Å². The molecular formula is C15H28N4O. The van der Waals surface area contributed by atoms with Crippen molar-refractivity contribution < 1.29 is 4.42 Å². The monoisotopic (exact) mass is 280 g/mol. The zero-order chi connectivity index (χ0) is 14.8. The van der Waals surface area contributed by atoms with E-state index in [1.54, 1.807) is 6.26 Å². The van der Waals surface area contributed by atoms with Crippen LogP contribution in [0.2, 0.25) is 0 Å². The SMILES string of the molecule is CC(C)CNCc1coc(N2CCN(C)C(C)(C)C2)n1. The average Bonchev–Trinajstić information content (AvgIpc) is 2.81. The van der Waals surface area contributed by atoms with Gasteiger partial charge in [-0.05, 0) is 33.4 Å². The Bertz CT molecular complexity index is 427. The van der Waals surface area contributed by atoms with Gasteiger partial charge in [0.1, 0.15) is 6.26 Å². The number of nitrogens with zero attached hydrogens (tertiary/aromatic N) is 3. The summed E-state index contributed by atoms with van der Waals surface area (Å²) in [5.74, 6) is 0.653. The van der Waals surface area contributed by atoms with Gasteiger partial charge in [-0.3, -0.25) is 4.90 Å². The predicted octanol–water partition coefficient (Wildman–Crippen LogP) is 1.95. The van der Waals surface area contributed by atoms with Gasteiger partial charge >= 0.3 is 0 Å². The van der Waals surface area contributed by atoms with Crippen LogP contribution in [0.3, 0.4) is 0 Å². The van der Waals surface area contributed by atoms with E-state index in [1.807, 2.05) is 0 Å². The van der Waals surface area contributed by atoms with Gasteiger partial charge in [0.15, 0.2) is 0 Å². The number of rotatable bonds is 5. The maximum Gasteiger partial charge on any atom is 0.297 e. The molecule has 1 aliphatic heterocycles. The summed E-state index contributed by atoms with van der Waals surface area (Å²) >= 11 is 0. The molecule has 0 aliphatic carbocycles. The van der Waals surface area contributed by atoms with Crippen LogP contribution in [0, 0.1) is 5.92 Å². The number of nitrogens with one attached hydrogen (secondary N) is 1. The first-order valence-corrected chi connectivity index (χ1v) is 7.50. The lowest BCUT2D eigenvalue weighted by Gasteiger charge is -2.44. The zero-order valence-corrected chi connectivity index (χ0v) is 13.4. The minimum absolute atomic E-state index is 0.156. The smallest absolute Gasteiger partial charge is 0.297 e. The zero-order valence-electron chi connectivity index (χ0n) is 13.4. The van der Waals surface area contributed by atoms with Crippen LogP contribution >= 0.6 is 0 Å². The Balaban J connectivity index is 1.92. The third kappa shape index (κ3) is 3.73. The van der Waals surface area contributed by atoms with Crippen LogP contribution in [0.15, 0.2) is 10.7 Å². The number of aromatic nitrogens is 1. The molecule has 2 rings (SSSR count). The molecule has 0 saturated carbocycles. The van der Waals surface area contributed by atoms with Crippen molar-refractivity contribution in [2.75, 3.05) is 38.1 Å². The molecule has 0 bridgehead atoms. The third-order valence-electron chi connectivity index (χ3n) is 3.99. The molecule has 2 heterocycles. The molecule has 0 spiro atoms.